The Labute approximate surface area is 155 Å². The second-order valence-electron chi connectivity index (χ2n) is 6.09. The minimum Gasteiger partial charge on any atom is -0.495 e. The molecular formula is C17H20N6O2S. The van der Waals surface area contributed by atoms with E-state index >= 15 is 0 Å². The molecule has 0 atom stereocenters. The van der Waals surface area contributed by atoms with Crippen LogP contribution < -0.4 is 9.64 Å². The number of benzene rings is 1. The third-order valence-electron chi connectivity index (χ3n) is 4.54. The van der Waals surface area contributed by atoms with Gasteiger partial charge in [0.1, 0.15) is 17.1 Å². The van der Waals surface area contributed by atoms with Crippen molar-refractivity contribution in [2.75, 3.05) is 38.2 Å². The van der Waals surface area contributed by atoms with E-state index in [0.29, 0.717) is 12.8 Å². The molecule has 0 saturated carbocycles. The van der Waals surface area contributed by atoms with E-state index in [9.17, 15) is 4.79 Å². The second-order valence-corrected chi connectivity index (χ2v) is 7.13. The van der Waals surface area contributed by atoms with Gasteiger partial charge < -0.3 is 14.5 Å². The minimum atomic E-state index is 0.177. The Kier molecular flexibility index (Phi) is 4.70. The molecule has 0 aliphatic carbocycles. The van der Waals surface area contributed by atoms with E-state index in [2.05, 4.69) is 26.3 Å². The zero-order chi connectivity index (χ0) is 17.9. The van der Waals surface area contributed by atoms with Gasteiger partial charge in [0.15, 0.2) is 0 Å². The first-order valence-electron chi connectivity index (χ1n) is 8.56. The Balaban J connectivity index is 1.31. The summed E-state index contributed by atoms with van der Waals surface area (Å²) in [4.78, 5) is 17.5. The number of aryl methyl sites for hydroxylation is 1. The maximum Gasteiger partial charge on any atom is 0.234 e. The Morgan fingerprint density at radius 1 is 1.23 bits per heavy atom. The van der Waals surface area contributed by atoms with Gasteiger partial charge in [0.05, 0.1) is 12.8 Å². The monoisotopic (exact) mass is 372 g/mol. The Hall–Kier alpha value is -2.68. The number of methoxy groups -OCH3 is 1. The summed E-state index contributed by atoms with van der Waals surface area (Å²) >= 11 is 1.48. The molecule has 9 heteroatoms. The lowest BCUT2D eigenvalue weighted by Crippen LogP contribution is -2.48. The Bertz CT molecular complexity index is 871. The number of amides is 1. The molecule has 1 aliphatic rings. The number of carbonyl (C=O) groups excluding carboxylic acids is 1. The average Bonchev–Trinajstić information content (AvgIpc) is 3.28. The second kappa shape index (κ2) is 7.28. The molecule has 1 amide bonds. The van der Waals surface area contributed by atoms with Crippen LogP contribution in [0.15, 0.2) is 30.6 Å². The van der Waals surface area contributed by atoms with Gasteiger partial charge in [-0.1, -0.05) is 23.5 Å². The first-order chi connectivity index (χ1) is 12.7. The number of rotatable bonds is 5. The molecule has 0 bridgehead atoms. The van der Waals surface area contributed by atoms with Crippen molar-refractivity contribution in [3.8, 4) is 5.75 Å². The summed E-state index contributed by atoms with van der Waals surface area (Å²) in [7, 11) is 1.69. The highest BCUT2D eigenvalue weighted by Gasteiger charge is 2.23. The summed E-state index contributed by atoms with van der Waals surface area (Å²) in [5, 5.41) is 13.0. The molecular weight excluding hydrogens is 352 g/mol. The van der Waals surface area contributed by atoms with Crippen LogP contribution >= 0.6 is 11.3 Å². The molecule has 3 aromatic rings. The summed E-state index contributed by atoms with van der Waals surface area (Å²) < 4.78 is 7.09. The normalized spacial score (nSPS) is 14.8. The lowest BCUT2D eigenvalue weighted by atomic mass is 10.2. The van der Waals surface area contributed by atoms with Crippen molar-refractivity contribution in [3.63, 3.8) is 0 Å². The number of nitrogens with zero attached hydrogens (tertiary/aromatic N) is 6. The van der Waals surface area contributed by atoms with Gasteiger partial charge >= 0.3 is 0 Å². The number of piperazine rings is 1. The van der Waals surface area contributed by atoms with Crippen molar-refractivity contribution in [1.82, 2.24) is 24.7 Å². The molecule has 8 nitrogen and oxygen atoms in total. The Morgan fingerprint density at radius 2 is 2.04 bits per heavy atom. The van der Waals surface area contributed by atoms with Crippen LogP contribution in [0.3, 0.4) is 0 Å². The number of fused-ring (bicyclic) bond motifs is 1. The van der Waals surface area contributed by atoms with Gasteiger partial charge in [0, 0.05) is 39.0 Å². The third-order valence-corrected chi connectivity index (χ3v) is 5.51. The Morgan fingerprint density at radius 3 is 2.81 bits per heavy atom. The summed E-state index contributed by atoms with van der Waals surface area (Å²) in [6.07, 6.45) is 2.69. The molecule has 0 spiro atoms. The van der Waals surface area contributed by atoms with E-state index in [-0.39, 0.29) is 5.91 Å². The lowest BCUT2D eigenvalue weighted by molar-refractivity contribution is -0.131. The van der Waals surface area contributed by atoms with Crippen LogP contribution in [0.2, 0.25) is 0 Å². The SMILES string of the molecule is COc1ccccc1N1CCN(C(=O)CCc2nn3cnnc3s2)CC1. The van der Waals surface area contributed by atoms with Crippen molar-refractivity contribution in [1.29, 1.82) is 0 Å². The molecule has 1 fully saturated rings. The van der Waals surface area contributed by atoms with Crippen molar-refractivity contribution >= 4 is 27.9 Å². The fraction of sp³-hybridized carbons (Fsp3) is 0.412. The summed E-state index contributed by atoms with van der Waals surface area (Å²) in [6.45, 7) is 3.07. The number of hydrogen-bond donors (Lipinski definition) is 0. The number of para-hydroxylation sites is 2. The van der Waals surface area contributed by atoms with Crippen LogP contribution in [0.25, 0.3) is 4.96 Å². The van der Waals surface area contributed by atoms with Crippen molar-refractivity contribution in [2.45, 2.75) is 12.8 Å². The van der Waals surface area contributed by atoms with Gasteiger partial charge in [-0.05, 0) is 12.1 Å². The molecule has 2 aromatic heterocycles. The maximum atomic E-state index is 12.5. The fourth-order valence-corrected chi connectivity index (χ4v) is 3.97. The predicted octanol–water partition coefficient (Wildman–Crippen LogP) is 1.48. The smallest absolute Gasteiger partial charge is 0.234 e. The molecule has 136 valence electrons. The number of aromatic nitrogens is 4. The van der Waals surface area contributed by atoms with Crippen LogP contribution in [-0.2, 0) is 11.2 Å². The van der Waals surface area contributed by atoms with E-state index in [0.717, 1.165) is 47.6 Å². The van der Waals surface area contributed by atoms with Gasteiger partial charge in [-0.3, -0.25) is 4.79 Å². The summed E-state index contributed by atoms with van der Waals surface area (Å²) in [6, 6.07) is 8.00. The standard InChI is InChI=1S/C17H20N6O2S/c1-25-14-5-3-2-4-13(14)21-8-10-22(11-9-21)16(24)7-6-15-20-23-12-18-19-17(23)26-15/h2-5,12H,6-11H2,1H3. The quantitative estimate of drug-likeness (QED) is 0.675. The zero-order valence-electron chi connectivity index (χ0n) is 14.5. The highest BCUT2D eigenvalue weighted by atomic mass is 32.1. The van der Waals surface area contributed by atoms with Gasteiger partial charge in [-0.25, -0.2) is 0 Å². The van der Waals surface area contributed by atoms with Crippen molar-refractivity contribution in [2.24, 2.45) is 0 Å². The van der Waals surface area contributed by atoms with E-state index in [1.807, 2.05) is 23.1 Å². The molecule has 0 radical (unpaired) electrons. The lowest BCUT2D eigenvalue weighted by Gasteiger charge is -2.36. The van der Waals surface area contributed by atoms with Crippen LogP contribution in [-0.4, -0.2) is 63.9 Å². The molecule has 0 unspecified atom stereocenters. The summed E-state index contributed by atoms with van der Waals surface area (Å²) in [5.74, 6) is 1.05. The first-order valence-corrected chi connectivity index (χ1v) is 9.38. The molecule has 1 aromatic carbocycles. The van der Waals surface area contributed by atoms with Crippen molar-refractivity contribution < 1.29 is 9.53 Å². The average molecular weight is 372 g/mol. The summed E-state index contributed by atoms with van der Waals surface area (Å²) in [5.41, 5.74) is 1.09. The molecule has 1 aliphatic heterocycles. The molecule has 1 saturated heterocycles. The van der Waals surface area contributed by atoms with Crippen LogP contribution in [0.4, 0.5) is 5.69 Å². The van der Waals surface area contributed by atoms with Gasteiger partial charge in [-0.2, -0.15) is 9.61 Å². The minimum absolute atomic E-state index is 0.177. The van der Waals surface area contributed by atoms with Crippen molar-refractivity contribution in [3.05, 3.63) is 35.6 Å². The molecule has 26 heavy (non-hydrogen) atoms. The number of ether oxygens (including phenoxy) is 1. The topological polar surface area (TPSA) is 75.9 Å². The van der Waals surface area contributed by atoms with Crippen LogP contribution in [0, 0.1) is 0 Å². The maximum absolute atomic E-state index is 12.5. The van der Waals surface area contributed by atoms with E-state index < -0.39 is 0 Å². The van der Waals surface area contributed by atoms with Gasteiger partial charge in [-0.15, -0.1) is 10.2 Å². The van der Waals surface area contributed by atoms with Crippen LogP contribution in [0.5, 0.6) is 5.75 Å². The highest BCUT2D eigenvalue weighted by molar-refractivity contribution is 7.16. The number of anilines is 1. The molecule has 0 N–H and O–H groups in total. The van der Waals surface area contributed by atoms with Gasteiger partial charge in [0.25, 0.3) is 0 Å². The fourth-order valence-electron chi connectivity index (χ4n) is 3.16. The van der Waals surface area contributed by atoms with E-state index in [4.69, 9.17) is 4.74 Å². The number of carbonyl (C=O) groups is 1. The molecule has 3 heterocycles. The van der Waals surface area contributed by atoms with E-state index in [1.54, 1.807) is 18.0 Å². The van der Waals surface area contributed by atoms with E-state index in [1.165, 1.54) is 11.3 Å². The van der Waals surface area contributed by atoms with Crippen LogP contribution in [0.1, 0.15) is 11.4 Å². The third kappa shape index (κ3) is 3.34. The first kappa shape index (κ1) is 16.8. The highest BCUT2D eigenvalue weighted by Crippen LogP contribution is 2.28. The molecule has 4 rings (SSSR count). The largest absolute Gasteiger partial charge is 0.495 e. The number of hydrogen-bond acceptors (Lipinski definition) is 7. The van der Waals surface area contributed by atoms with Gasteiger partial charge in [0.2, 0.25) is 10.9 Å². The zero-order valence-corrected chi connectivity index (χ0v) is 15.4. The predicted molar refractivity (Wildman–Crippen MR) is 98.8 cm³/mol.